The standard InChI is InChI=1S/C30H30Cl2FN7O2S/c1-6-22(41)38-11-12-39(16(4)14-38)28-17-13-19(32)26(23-20(34)8-7-18(31)24(23)33)36-29(17)40(30(42)37-28)27-21(43-5)9-10-35-25(27)15(2)3/h6-10,13,15-16H,1,11-12,14,34H2,2-5H3/t16-/m0/s1. The third kappa shape index (κ3) is 5.45. The maximum atomic E-state index is 15.4. The van der Waals surface area contributed by atoms with E-state index in [4.69, 9.17) is 33.9 Å². The molecule has 0 bridgehead atoms. The van der Waals surface area contributed by atoms with Crippen molar-refractivity contribution in [2.75, 3.05) is 36.5 Å². The number of aromatic nitrogens is 4. The zero-order valence-corrected chi connectivity index (χ0v) is 26.4. The number of carbonyl (C=O) groups is 1. The number of hydrogen-bond acceptors (Lipinski definition) is 8. The normalized spacial score (nSPS) is 15.4. The van der Waals surface area contributed by atoms with E-state index in [1.54, 1.807) is 17.2 Å². The summed E-state index contributed by atoms with van der Waals surface area (Å²) in [7, 11) is 0. The zero-order valence-electron chi connectivity index (χ0n) is 24.1. The quantitative estimate of drug-likeness (QED) is 0.156. The molecule has 1 fully saturated rings. The second-order valence-electron chi connectivity index (χ2n) is 10.5. The minimum atomic E-state index is -0.774. The summed E-state index contributed by atoms with van der Waals surface area (Å²) >= 11 is 14.4. The molecule has 1 saturated heterocycles. The van der Waals surface area contributed by atoms with Crippen molar-refractivity contribution in [2.45, 2.75) is 37.6 Å². The van der Waals surface area contributed by atoms with Crippen LogP contribution in [0.15, 0.2) is 52.8 Å². The lowest BCUT2D eigenvalue weighted by atomic mass is 10.1. The third-order valence-electron chi connectivity index (χ3n) is 7.46. The minimum absolute atomic E-state index is 0.0344. The lowest BCUT2D eigenvalue weighted by molar-refractivity contribution is -0.126. The van der Waals surface area contributed by atoms with Crippen molar-refractivity contribution in [3.63, 3.8) is 0 Å². The van der Waals surface area contributed by atoms with Gasteiger partial charge >= 0.3 is 5.69 Å². The highest BCUT2D eigenvalue weighted by Gasteiger charge is 2.31. The van der Waals surface area contributed by atoms with Gasteiger partial charge in [0.15, 0.2) is 11.5 Å². The van der Waals surface area contributed by atoms with E-state index < -0.39 is 11.5 Å². The van der Waals surface area contributed by atoms with Gasteiger partial charge in [-0.05, 0) is 49.4 Å². The molecule has 0 unspecified atom stereocenters. The highest BCUT2D eigenvalue weighted by atomic mass is 35.5. The smallest absolute Gasteiger partial charge is 0.355 e. The van der Waals surface area contributed by atoms with Crippen molar-refractivity contribution in [3.8, 4) is 16.9 Å². The number of anilines is 2. The van der Waals surface area contributed by atoms with Crippen molar-refractivity contribution >= 4 is 63.4 Å². The fourth-order valence-corrected chi connectivity index (χ4v) is 6.36. The molecule has 0 saturated carbocycles. The summed E-state index contributed by atoms with van der Waals surface area (Å²) in [5.74, 6) is -0.635. The van der Waals surface area contributed by atoms with Crippen LogP contribution in [-0.2, 0) is 4.79 Å². The predicted octanol–water partition coefficient (Wildman–Crippen LogP) is 5.94. The average Bonchev–Trinajstić information content (AvgIpc) is 2.98. The van der Waals surface area contributed by atoms with Crippen molar-refractivity contribution in [1.82, 2.24) is 24.4 Å². The van der Waals surface area contributed by atoms with E-state index in [2.05, 4.69) is 16.5 Å². The average molecular weight is 643 g/mol. The van der Waals surface area contributed by atoms with Crippen LogP contribution in [0.2, 0.25) is 10.0 Å². The molecule has 1 amide bonds. The third-order valence-corrected chi connectivity index (χ3v) is 8.81. The van der Waals surface area contributed by atoms with Gasteiger partial charge in [-0.25, -0.2) is 18.7 Å². The maximum absolute atomic E-state index is 15.4. The Bertz CT molecular complexity index is 1830. The van der Waals surface area contributed by atoms with Crippen LogP contribution in [0.25, 0.3) is 28.0 Å². The second-order valence-corrected chi connectivity index (χ2v) is 12.2. The first kappa shape index (κ1) is 30.8. The van der Waals surface area contributed by atoms with Gasteiger partial charge in [-0.15, -0.1) is 11.8 Å². The van der Waals surface area contributed by atoms with Gasteiger partial charge in [0.05, 0.1) is 38.1 Å². The van der Waals surface area contributed by atoms with Crippen molar-refractivity contribution < 1.29 is 9.18 Å². The first-order valence-electron chi connectivity index (χ1n) is 13.6. The van der Waals surface area contributed by atoms with Crippen molar-refractivity contribution in [1.29, 1.82) is 0 Å². The first-order valence-corrected chi connectivity index (χ1v) is 15.5. The van der Waals surface area contributed by atoms with E-state index in [0.717, 1.165) is 4.90 Å². The Balaban J connectivity index is 1.86. The summed E-state index contributed by atoms with van der Waals surface area (Å²) in [5, 5.41) is 0.423. The molecule has 3 aromatic heterocycles. The van der Waals surface area contributed by atoms with Gasteiger partial charge in [0.1, 0.15) is 5.82 Å². The molecule has 0 radical (unpaired) electrons. The number of nitrogen functional groups attached to an aromatic ring is 1. The number of nitrogens with two attached hydrogens (primary N) is 1. The summed E-state index contributed by atoms with van der Waals surface area (Å²) in [6.45, 7) is 10.7. The number of hydrogen-bond donors (Lipinski definition) is 1. The van der Waals surface area contributed by atoms with Crippen LogP contribution in [0.1, 0.15) is 32.4 Å². The summed E-state index contributed by atoms with van der Waals surface area (Å²) < 4.78 is 16.8. The molecule has 0 spiro atoms. The molecule has 5 rings (SSSR count). The number of thioether (sulfide) groups is 1. The molecular weight excluding hydrogens is 612 g/mol. The SMILES string of the molecule is C=CC(=O)N1CCN(c2nc(=O)n(-c3c(SC)ccnc3C(C)C)c3nc(-c4c(N)ccc(Cl)c4F)c(Cl)cc23)[C@@H](C)C1. The molecule has 4 heterocycles. The number of rotatable bonds is 6. The fraction of sp³-hybridized carbons (Fsp3) is 0.300. The summed E-state index contributed by atoms with van der Waals surface area (Å²) in [4.78, 5) is 44.8. The Morgan fingerprint density at radius 3 is 2.60 bits per heavy atom. The van der Waals surface area contributed by atoms with Crippen LogP contribution in [0, 0.1) is 5.82 Å². The number of amides is 1. The Kier molecular flexibility index (Phi) is 8.69. The van der Waals surface area contributed by atoms with Crippen molar-refractivity contribution in [3.05, 3.63) is 75.2 Å². The predicted molar refractivity (Wildman–Crippen MR) is 172 cm³/mol. The van der Waals surface area contributed by atoms with Crippen LogP contribution >= 0.6 is 35.0 Å². The molecule has 9 nitrogen and oxygen atoms in total. The van der Waals surface area contributed by atoms with E-state index in [-0.39, 0.29) is 50.5 Å². The minimum Gasteiger partial charge on any atom is -0.398 e. The molecule has 13 heteroatoms. The number of halogens is 3. The molecule has 224 valence electrons. The number of piperazine rings is 1. The lowest BCUT2D eigenvalue weighted by Gasteiger charge is -2.40. The van der Waals surface area contributed by atoms with Crippen LogP contribution in [0.3, 0.4) is 0 Å². The molecule has 0 aliphatic carbocycles. The molecule has 1 aliphatic rings. The molecule has 2 N–H and O–H groups in total. The topological polar surface area (TPSA) is 110 Å². The van der Waals surface area contributed by atoms with E-state index >= 15 is 4.39 Å². The van der Waals surface area contributed by atoms with Gasteiger partial charge in [0, 0.05) is 42.5 Å². The van der Waals surface area contributed by atoms with Crippen LogP contribution in [0.5, 0.6) is 0 Å². The molecule has 1 aliphatic heterocycles. The molecule has 1 atom stereocenters. The van der Waals surface area contributed by atoms with Crippen LogP contribution < -0.4 is 16.3 Å². The van der Waals surface area contributed by atoms with Crippen LogP contribution in [-0.4, -0.2) is 62.3 Å². The van der Waals surface area contributed by atoms with Crippen LogP contribution in [0.4, 0.5) is 15.9 Å². The number of fused-ring (bicyclic) bond motifs is 1. The van der Waals surface area contributed by atoms with E-state index in [1.807, 2.05) is 38.0 Å². The molecule has 4 aromatic rings. The Labute approximate surface area is 262 Å². The fourth-order valence-electron chi connectivity index (χ4n) is 5.37. The van der Waals surface area contributed by atoms with Gasteiger partial charge in [0.25, 0.3) is 0 Å². The van der Waals surface area contributed by atoms with Gasteiger partial charge < -0.3 is 15.5 Å². The highest BCUT2D eigenvalue weighted by molar-refractivity contribution is 7.98. The first-order chi connectivity index (χ1) is 20.5. The Hall–Kier alpha value is -3.67. The van der Waals surface area contributed by atoms with Gasteiger partial charge in [0.2, 0.25) is 5.91 Å². The van der Waals surface area contributed by atoms with Crippen molar-refractivity contribution in [2.24, 2.45) is 0 Å². The van der Waals surface area contributed by atoms with E-state index in [0.29, 0.717) is 42.2 Å². The summed E-state index contributed by atoms with van der Waals surface area (Å²) in [6.07, 6.45) is 4.89. The molecular formula is C30H30Cl2FN7O2S. The largest absolute Gasteiger partial charge is 0.398 e. The maximum Gasteiger partial charge on any atom is 0.355 e. The number of carbonyl (C=O) groups excluding carboxylic acids is 1. The van der Waals surface area contributed by atoms with Gasteiger partial charge in [-0.2, -0.15) is 4.98 Å². The highest BCUT2D eigenvalue weighted by Crippen LogP contribution is 2.40. The number of pyridine rings is 2. The second kappa shape index (κ2) is 12.1. The Morgan fingerprint density at radius 1 is 1.21 bits per heavy atom. The molecule has 1 aromatic carbocycles. The van der Waals surface area contributed by atoms with E-state index in [1.165, 1.54) is 34.5 Å². The van der Waals surface area contributed by atoms with Gasteiger partial charge in [-0.1, -0.05) is 43.6 Å². The monoisotopic (exact) mass is 641 g/mol. The Morgan fingerprint density at radius 2 is 1.95 bits per heavy atom. The van der Waals surface area contributed by atoms with E-state index in [9.17, 15) is 9.59 Å². The number of benzene rings is 1. The van der Waals surface area contributed by atoms with Gasteiger partial charge in [-0.3, -0.25) is 9.78 Å². The summed E-state index contributed by atoms with van der Waals surface area (Å²) in [5.41, 5.74) is 7.07. The summed E-state index contributed by atoms with van der Waals surface area (Å²) in [6, 6.07) is 6.07. The number of nitrogens with zero attached hydrogens (tertiary/aromatic N) is 6. The lowest BCUT2D eigenvalue weighted by Crippen LogP contribution is -2.54. The zero-order chi connectivity index (χ0) is 31.2. The molecule has 43 heavy (non-hydrogen) atoms.